The summed E-state index contributed by atoms with van der Waals surface area (Å²) in [7, 11) is 0. The zero-order valence-corrected chi connectivity index (χ0v) is 9.78. The molecule has 3 N–H and O–H groups in total. The van der Waals surface area contributed by atoms with Crippen LogP contribution < -0.4 is 5.73 Å². The van der Waals surface area contributed by atoms with Crippen molar-refractivity contribution >= 4 is 22.6 Å². The molecule has 1 unspecified atom stereocenters. The van der Waals surface area contributed by atoms with Crippen molar-refractivity contribution in [1.82, 2.24) is 9.55 Å². The minimum absolute atomic E-state index is 0.164. The van der Waals surface area contributed by atoms with E-state index >= 15 is 0 Å². The third-order valence-electron chi connectivity index (χ3n) is 2.58. The molecular formula is C11H14ClN3O. The number of nitrogens with two attached hydrogens (primary N) is 1. The SMILES string of the molecule is CCn1c(C(O)CN)nc2ccc(Cl)cc21. The second-order valence-electron chi connectivity index (χ2n) is 3.60. The van der Waals surface area contributed by atoms with Crippen molar-refractivity contribution in [1.29, 1.82) is 0 Å². The molecule has 1 aromatic heterocycles. The highest BCUT2D eigenvalue weighted by Crippen LogP contribution is 2.23. The molecule has 2 rings (SSSR count). The van der Waals surface area contributed by atoms with Crippen molar-refractivity contribution in [3.05, 3.63) is 29.0 Å². The average Bonchev–Trinajstić information content (AvgIpc) is 2.65. The predicted molar refractivity (Wildman–Crippen MR) is 64.4 cm³/mol. The Morgan fingerprint density at radius 1 is 1.56 bits per heavy atom. The second-order valence-corrected chi connectivity index (χ2v) is 4.04. The quantitative estimate of drug-likeness (QED) is 0.857. The lowest BCUT2D eigenvalue weighted by molar-refractivity contribution is 0.172. The first-order chi connectivity index (χ1) is 7.67. The van der Waals surface area contributed by atoms with Crippen molar-refractivity contribution in [2.24, 2.45) is 5.73 Å². The third-order valence-corrected chi connectivity index (χ3v) is 2.81. The van der Waals surface area contributed by atoms with Crippen LogP contribution in [0.15, 0.2) is 18.2 Å². The van der Waals surface area contributed by atoms with E-state index in [0.717, 1.165) is 17.6 Å². The van der Waals surface area contributed by atoms with Gasteiger partial charge in [0.25, 0.3) is 0 Å². The molecule has 0 fully saturated rings. The summed E-state index contributed by atoms with van der Waals surface area (Å²) in [5.74, 6) is 0.599. The largest absolute Gasteiger partial charge is 0.384 e. The van der Waals surface area contributed by atoms with Crippen molar-refractivity contribution in [3.8, 4) is 0 Å². The smallest absolute Gasteiger partial charge is 0.140 e. The molecule has 1 heterocycles. The molecule has 0 saturated carbocycles. The van der Waals surface area contributed by atoms with E-state index in [1.165, 1.54) is 0 Å². The lowest BCUT2D eigenvalue weighted by Crippen LogP contribution is -2.16. The van der Waals surface area contributed by atoms with Gasteiger partial charge >= 0.3 is 0 Å². The Morgan fingerprint density at radius 2 is 2.31 bits per heavy atom. The number of aromatic nitrogens is 2. The highest BCUT2D eigenvalue weighted by molar-refractivity contribution is 6.31. The Bertz CT molecular complexity index is 509. The minimum atomic E-state index is -0.730. The Balaban J connectivity index is 2.66. The zero-order chi connectivity index (χ0) is 11.7. The first kappa shape index (κ1) is 11.4. The number of aryl methyl sites for hydroxylation is 1. The van der Waals surface area contributed by atoms with Crippen LogP contribution in [0.25, 0.3) is 11.0 Å². The fraction of sp³-hybridized carbons (Fsp3) is 0.364. The van der Waals surface area contributed by atoms with Gasteiger partial charge in [-0.25, -0.2) is 4.98 Å². The molecule has 5 heteroatoms. The van der Waals surface area contributed by atoms with Gasteiger partial charge in [0.1, 0.15) is 11.9 Å². The van der Waals surface area contributed by atoms with E-state index in [0.29, 0.717) is 10.8 Å². The number of imidazole rings is 1. The fourth-order valence-corrected chi connectivity index (χ4v) is 1.97. The summed E-state index contributed by atoms with van der Waals surface area (Å²) >= 11 is 5.94. The molecular weight excluding hydrogens is 226 g/mol. The number of halogens is 1. The molecule has 4 nitrogen and oxygen atoms in total. The molecule has 1 aromatic carbocycles. The Morgan fingerprint density at radius 3 is 2.94 bits per heavy atom. The molecule has 86 valence electrons. The van der Waals surface area contributed by atoms with Gasteiger partial charge in [0, 0.05) is 18.1 Å². The van der Waals surface area contributed by atoms with E-state index in [9.17, 15) is 5.11 Å². The van der Waals surface area contributed by atoms with Crippen LogP contribution in [0.2, 0.25) is 5.02 Å². The molecule has 2 aromatic rings. The number of hydrogen-bond acceptors (Lipinski definition) is 3. The van der Waals surface area contributed by atoms with Crippen LogP contribution in [0.4, 0.5) is 0 Å². The molecule has 0 spiro atoms. The molecule has 0 saturated heterocycles. The maximum atomic E-state index is 9.77. The molecule has 0 radical (unpaired) electrons. The number of nitrogens with zero attached hydrogens (tertiary/aromatic N) is 2. The van der Waals surface area contributed by atoms with Gasteiger partial charge in [-0.1, -0.05) is 11.6 Å². The van der Waals surface area contributed by atoms with Gasteiger partial charge in [-0.2, -0.15) is 0 Å². The monoisotopic (exact) mass is 239 g/mol. The topological polar surface area (TPSA) is 64.1 Å². The van der Waals surface area contributed by atoms with Crippen LogP contribution in [0.1, 0.15) is 18.9 Å². The van der Waals surface area contributed by atoms with E-state index in [4.69, 9.17) is 17.3 Å². The number of fused-ring (bicyclic) bond motifs is 1. The number of aliphatic hydroxyl groups excluding tert-OH is 1. The predicted octanol–water partition coefficient (Wildman–Crippen LogP) is 1.70. The summed E-state index contributed by atoms with van der Waals surface area (Å²) in [5, 5.41) is 10.4. The van der Waals surface area contributed by atoms with E-state index in [1.807, 2.05) is 23.6 Å². The van der Waals surface area contributed by atoms with Crippen LogP contribution in [-0.2, 0) is 6.54 Å². The van der Waals surface area contributed by atoms with Crippen molar-refractivity contribution in [3.63, 3.8) is 0 Å². The van der Waals surface area contributed by atoms with Gasteiger partial charge < -0.3 is 15.4 Å². The maximum absolute atomic E-state index is 9.77. The van der Waals surface area contributed by atoms with Gasteiger partial charge in [0.2, 0.25) is 0 Å². The van der Waals surface area contributed by atoms with E-state index < -0.39 is 6.10 Å². The highest BCUT2D eigenvalue weighted by atomic mass is 35.5. The van der Waals surface area contributed by atoms with Gasteiger partial charge in [-0.05, 0) is 25.1 Å². The normalized spacial score (nSPS) is 13.2. The second kappa shape index (κ2) is 4.41. The summed E-state index contributed by atoms with van der Waals surface area (Å²) in [4.78, 5) is 4.37. The lowest BCUT2D eigenvalue weighted by atomic mass is 10.3. The van der Waals surface area contributed by atoms with E-state index in [1.54, 1.807) is 6.07 Å². The average molecular weight is 240 g/mol. The van der Waals surface area contributed by atoms with Crippen LogP contribution >= 0.6 is 11.6 Å². The Labute approximate surface area is 98.6 Å². The molecule has 0 aliphatic heterocycles. The first-order valence-electron chi connectivity index (χ1n) is 5.21. The van der Waals surface area contributed by atoms with Crippen LogP contribution in [0.3, 0.4) is 0 Å². The number of hydrogen-bond donors (Lipinski definition) is 2. The zero-order valence-electron chi connectivity index (χ0n) is 9.02. The third kappa shape index (κ3) is 1.80. The number of benzene rings is 1. The van der Waals surface area contributed by atoms with Crippen LogP contribution in [-0.4, -0.2) is 21.2 Å². The summed E-state index contributed by atoms with van der Waals surface area (Å²) < 4.78 is 1.93. The summed E-state index contributed by atoms with van der Waals surface area (Å²) in [6.07, 6.45) is -0.730. The van der Waals surface area contributed by atoms with Crippen molar-refractivity contribution in [2.75, 3.05) is 6.54 Å². The molecule has 0 bridgehead atoms. The number of aliphatic hydroxyl groups is 1. The van der Waals surface area contributed by atoms with Crippen molar-refractivity contribution in [2.45, 2.75) is 19.6 Å². The maximum Gasteiger partial charge on any atom is 0.140 e. The molecule has 0 amide bonds. The standard InChI is InChI=1S/C11H14ClN3O/c1-2-15-9-5-7(12)3-4-8(9)14-11(15)10(16)6-13/h3-5,10,16H,2,6,13H2,1H3. The summed E-state index contributed by atoms with van der Waals surface area (Å²) in [6.45, 7) is 2.88. The van der Waals surface area contributed by atoms with Crippen LogP contribution in [0.5, 0.6) is 0 Å². The molecule has 16 heavy (non-hydrogen) atoms. The van der Waals surface area contributed by atoms with Gasteiger partial charge in [-0.3, -0.25) is 0 Å². The van der Waals surface area contributed by atoms with Crippen molar-refractivity contribution < 1.29 is 5.11 Å². The van der Waals surface area contributed by atoms with E-state index in [-0.39, 0.29) is 6.54 Å². The molecule has 1 atom stereocenters. The Hall–Kier alpha value is -1.10. The highest BCUT2D eigenvalue weighted by Gasteiger charge is 2.15. The van der Waals surface area contributed by atoms with Gasteiger partial charge in [0.05, 0.1) is 11.0 Å². The molecule has 0 aliphatic carbocycles. The summed E-state index contributed by atoms with van der Waals surface area (Å²) in [5.41, 5.74) is 7.21. The number of rotatable bonds is 3. The lowest BCUT2D eigenvalue weighted by Gasteiger charge is -2.09. The van der Waals surface area contributed by atoms with Gasteiger partial charge in [0.15, 0.2) is 0 Å². The Kier molecular flexibility index (Phi) is 3.14. The molecule has 0 aliphatic rings. The van der Waals surface area contributed by atoms with Gasteiger partial charge in [-0.15, -0.1) is 0 Å². The minimum Gasteiger partial charge on any atom is -0.384 e. The summed E-state index contributed by atoms with van der Waals surface area (Å²) in [6, 6.07) is 5.48. The first-order valence-corrected chi connectivity index (χ1v) is 5.59. The van der Waals surface area contributed by atoms with E-state index in [2.05, 4.69) is 4.98 Å². The van der Waals surface area contributed by atoms with Crippen LogP contribution in [0, 0.1) is 0 Å². The fourth-order valence-electron chi connectivity index (χ4n) is 1.81.